The van der Waals surface area contributed by atoms with Gasteiger partial charge in [0.2, 0.25) is 10.0 Å². The summed E-state index contributed by atoms with van der Waals surface area (Å²) in [7, 11) is -3.31. The van der Waals surface area contributed by atoms with Gasteiger partial charge >= 0.3 is 0 Å². The summed E-state index contributed by atoms with van der Waals surface area (Å²) in [5.74, 6) is 0. The first-order chi connectivity index (χ1) is 7.54. The molecule has 0 N–H and O–H groups in total. The van der Waals surface area contributed by atoms with Crippen molar-refractivity contribution >= 4 is 10.0 Å². The van der Waals surface area contributed by atoms with E-state index in [2.05, 4.69) is 0 Å². The Balaban J connectivity index is 3.15. The van der Waals surface area contributed by atoms with Crippen LogP contribution >= 0.6 is 0 Å². The molecule has 0 fully saturated rings. The molecule has 0 aromatic heterocycles. The van der Waals surface area contributed by atoms with Crippen LogP contribution in [0.3, 0.4) is 0 Å². The van der Waals surface area contributed by atoms with Crippen LogP contribution in [0.2, 0.25) is 0 Å². The van der Waals surface area contributed by atoms with Crippen molar-refractivity contribution in [1.82, 2.24) is 4.31 Å². The Labute approximate surface area is 98.1 Å². The summed E-state index contributed by atoms with van der Waals surface area (Å²) in [5, 5.41) is 0. The number of rotatable bonds is 5. The standard InChI is InChI=1S/C12H19NO2S/c1-4-10-13(5-2)16(14,15)12-9-7-6-8-11(12)3/h6-9H,4-5,10H2,1-3H3. The number of sulfonamides is 1. The van der Waals surface area contributed by atoms with Crippen LogP contribution in [0.5, 0.6) is 0 Å². The molecule has 0 aliphatic heterocycles. The Morgan fingerprint density at radius 3 is 2.31 bits per heavy atom. The van der Waals surface area contributed by atoms with Crippen LogP contribution in [-0.2, 0) is 10.0 Å². The van der Waals surface area contributed by atoms with E-state index in [-0.39, 0.29) is 0 Å². The lowest BCUT2D eigenvalue weighted by atomic mass is 10.2. The Morgan fingerprint density at radius 2 is 1.81 bits per heavy atom. The van der Waals surface area contributed by atoms with E-state index in [0.29, 0.717) is 18.0 Å². The second-order valence-electron chi connectivity index (χ2n) is 3.76. The number of hydrogen-bond donors (Lipinski definition) is 0. The lowest BCUT2D eigenvalue weighted by Crippen LogP contribution is -2.32. The molecule has 3 nitrogen and oxygen atoms in total. The molecule has 16 heavy (non-hydrogen) atoms. The zero-order valence-corrected chi connectivity index (χ0v) is 10.9. The number of aryl methyl sites for hydroxylation is 1. The van der Waals surface area contributed by atoms with Gasteiger partial charge in [0.05, 0.1) is 4.90 Å². The highest BCUT2D eigenvalue weighted by Crippen LogP contribution is 2.19. The van der Waals surface area contributed by atoms with Crippen molar-refractivity contribution in [2.24, 2.45) is 0 Å². The molecular formula is C12H19NO2S. The third-order valence-corrected chi connectivity index (χ3v) is 4.67. The Kier molecular flexibility index (Phi) is 4.50. The zero-order valence-electron chi connectivity index (χ0n) is 10.1. The normalized spacial score (nSPS) is 12.0. The maximum Gasteiger partial charge on any atom is 0.243 e. The van der Waals surface area contributed by atoms with Crippen molar-refractivity contribution in [3.8, 4) is 0 Å². The third kappa shape index (κ3) is 2.62. The maximum absolute atomic E-state index is 12.3. The lowest BCUT2D eigenvalue weighted by Gasteiger charge is -2.20. The van der Waals surface area contributed by atoms with Crippen LogP contribution < -0.4 is 0 Å². The molecule has 0 aliphatic rings. The van der Waals surface area contributed by atoms with Crippen LogP contribution in [0.1, 0.15) is 25.8 Å². The summed E-state index contributed by atoms with van der Waals surface area (Å²) < 4.78 is 26.1. The van der Waals surface area contributed by atoms with E-state index in [0.717, 1.165) is 12.0 Å². The van der Waals surface area contributed by atoms with Gasteiger partial charge in [-0.1, -0.05) is 32.0 Å². The number of hydrogen-bond acceptors (Lipinski definition) is 2. The lowest BCUT2D eigenvalue weighted by molar-refractivity contribution is 0.427. The van der Waals surface area contributed by atoms with Gasteiger partial charge in [-0.25, -0.2) is 8.42 Å². The van der Waals surface area contributed by atoms with Crippen LogP contribution in [0.4, 0.5) is 0 Å². The topological polar surface area (TPSA) is 37.4 Å². The van der Waals surface area contributed by atoms with Crippen molar-refractivity contribution in [2.75, 3.05) is 13.1 Å². The van der Waals surface area contributed by atoms with E-state index in [4.69, 9.17) is 0 Å². The fourth-order valence-electron chi connectivity index (χ4n) is 1.68. The summed E-state index contributed by atoms with van der Waals surface area (Å²) in [6.45, 7) is 6.77. The highest BCUT2D eigenvalue weighted by molar-refractivity contribution is 7.89. The third-order valence-electron chi connectivity index (χ3n) is 2.54. The predicted octanol–water partition coefficient (Wildman–Crippen LogP) is 2.42. The SMILES string of the molecule is CCCN(CC)S(=O)(=O)c1ccccc1C. The average molecular weight is 241 g/mol. The van der Waals surface area contributed by atoms with Gasteiger partial charge in [0.25, 0.3) is 0 Å². The largest absolute Gasteiger partial charge is 0.243 e. The summed E-state index contributed by atoms with van der Waals surface area (Å²) in [4.78, 5) is 0.422. The van der Waals surface area contributed by atoms with Gasteiger partial charge < -0.3 is 0 Å². The molecule has 0 heterocycles. The molecule has 0 atom stereocenters. The van der Waals surface area contributed by atoms with E-state index < -0.39 is 10.0 Å². The first-order valence-electron chi connectivity index (χ1n) is 5.59. The molecule has 1 rings (SSSR count). The molecule has 0 spiro atoms. The van der Waals surface area contributed by atoms with Crippen molar-refractivity contribution in [3.05, 3.63) is 29.8 Å². The van der Waals surface area contributed by atoms with E-state index in [1.165, 1.54) is 4.31 Å². The molecule has 0 unspecified atom stereocenters. The van der Waals surface area contributed by atoms with Crippen LogP contribution in [0, 0.1) is 6.92 Å². The van der Waals surface area contributed by atoms with E-state index >= 15 is 0 Å². The van der Waals surface area contributed by atoms with E-state index in [1.54, 1.807) is 12.1 Å². The van der Waals surface area contributed by atoms with Crippen molar-refractivity contribution in [3.63, 3.8) is 0 Å². The first-order valence-corrected chi connectivity index (χ1v) is 7.03. The van der Waals surface area contributed by atoms with Gasteiger partial charge in [0.15, 0.2) is 0 Å². The average Bonchev–Trinajstić information content (AvgIpc) is 2.26. The Hall–Kier alpha value is -0.870. The molecule has 0 bridgehead atoms. The summed E-state index contributed by atoms with van der Waals surface area (Å²) in [5.41, 5.74) is 0.803. The molecule has 0 saturated heterocycles. The van der Waals surface area contributed by atoms with Gasteiger partial charge in [-0.15, -0.1) is 0 Å². The molecule has 1 aromatic rings. The summed E-state index contributed by atoms with van der Waals surface area (Å²) in [6, 6.07) is 7.11. The van der Waals surface area contributed by atoms with Gasteiger partial charge in [-0.2, -0.15) is 4.31 Å². The van der Waals surface area contributed by atoms with Crippen molar-refractivity contribution in [1.29, 1.82) is 0 Å². The van der Waals surface area contributed by atoms with Crippen molar-refractivity contribution < 1.29 is 8.42 Å². The minimum Gasteiger partial charge on any atom is -0.207 e. The summed E-state index contributed by atoms with van der Waals surface area (Å²) in [6.07, 6.45) is 0.832. The Bertz CT molecular complexity index is 440. The molecule has 90 valence electrons. The van der Waals surface area contributed by atoms with Gasteiger partial charge in [0, 0.05) is 13.1 Å². The number of nitrogens with zero attached hydrogens (tertiary/aromatic N) is 1. The monoisotopic (exact) mass is 241 g/mol. The first kappa shape index (κ1) is 13.2. The molecule has 0 saturated carbocycles. The molecular weight excluding hydrogens is 222 g/mol. The molecule has 0 radical (unpaired) electrons. The fraction of sp³-hybridized carbons (Fsp3) is 0.500. The smallest absolute Gasteiger partial charge is 0.207 e. The van der Waals surface area contributed by atoms with Gasteiger partial charge in [-0.3, -0.25) is 0 Å². The summed E-state index contributed by atoms with van der Waals surface area (Å²) >= 11 is 0. The molecule has 1 aromatic carbocycles. The van der Waals surface area contributed by atoms with Crippen LogP contribution in [0.25, 0.3) is 0 Å². The van der Waals surface area contributed by atoms with Gasteiger partial charge in [-0.05, 0) is 25.0 Å². The second kappa shape index (κ2) is 5.46. The van der Waals surface area contributed by atoms with Gasteiger partial charge in [0.1, 0.15) is 0 Å². The van der Waals surface area contributed by atoms with Crippen LogP contribution in [-0.4, -0.2) is 25.8 Å². The quantitative estimate of drug-likeness (QED) is 0.794. The minimum absolute atomic E-state index is 0.422. The van der Waals surface area contributed by atoms with E-state index in [1.807, 2.05) is 32.9 Å². The molecule has 0 amide bonds. The molecule has 4 heteroatoms. The molecule has 0 aliphatic carbocycles. The number of benzene rings is 1. The highest BCUT2D eigenvalue weighted by Gasteiger charge is 2.23. The predicted molar refractivity (Wildman–Crippen MR) is 65.9 cm³/mol. The fourth-order valence-corrected chi connectivity index (χ4v) is 3.45. The van der Waals surface area contributed by atoms with E-state index in [9.17, 15) is 8.42 Å². The Morgan fingerprint density at radius 1 is 1.19 bits per heavy atom. The zero-order chi connectivity index (χ0) is 12.2. The minimum atomic E-state index is -3.31. The van der Waals surface area contributed by atoms with Crippen LogP contribution in [0.15, 0.2) is 29.2 Å². The van der Waals surface area contributed by atoms with Crippen molar-refractivity contribution in [2.45, 2.75) is 32.1 Å². The maximum atomic E-state index is 12.3. The second-order valence-corrected chi connectivity index (χ2v) is 5.67. The highest BCUT2D eigenvalue weighted by atomic mass is 32.2.